The summed E-state index contributed by atoms with van der Waals surface area (Å²) < 4.78 is 44.2. The molecule has 0 spiro atoms. The molecule has 2 aromatic carbocycles. The second-order valence-corrected chi connectivity index (χ2v) is 5.13. The maximum absolute atomic E-state index is 13.5. The summed E-state index contributed by atoms with van der Waals surface area (Å²) in [6, 6.07) is 9.16. The Bertz CT molecular complexity index is 848. The Hall–Kier alpha value is -3.34. The van der Waals surface area contributed by atoms with Crippen LogP contribution in [0.1, 0.15) is 16.8 Å². The zero-order chi connectivity index (χ0) is 19.1. The van der Waals surface area contributed by atoms with Crippen molar-refractivity contribution >= 4 is 17.6 Å². The van der Waals surface area contributed by atoms with Crippen LogP contribution in [0.5, 0.6) is 0 Å². The summed E-state index contributed by atoms with van der Waals surface area (Å²) in [6.45, 7) is -0.720. The molecule has 8 heteroatoms. The number of hydrogen-bond donors (Lipinski definition) is 0. The van der Waals surface area contributed by atoms with Gasteiger partial charge in [-0.1, -0.05) is 0 Å². The van der Waals surface area contributed by atoms with Crippen molar-refractivity contribution in [2.24, 2.45) is 0 Å². The minimum atomic E-state index is -1.13. The number of nitrogens with zero attached hydrogens (tertiary/aromatic N) is 2. The van der Waals surface area contributed by atoms with E-state index in [1.807, 2.05) is 6.07 Å². The van der Waals surface area contributed by atoms with Crippen molar-refractivity contribution in [3.8, 4) is 6.07 Å². The average molecular weight is 362 g/mol. The molecule has 0 fully saturated rings. The van der Waals surface area contributed by atoms with Crippen molar-refractivity contribution in [1.29, 1.82) is 5.26 Å². The molecule has 0 saturated carbocycles. The predicted molar refractivity (Wildman–Crippen MR) is 85.6 cm³/mol. The van der Waals surface area contributed by atoms with E-state index in [1.165, 1.54) is 12.1 Å². The molecule has 0 atom stereocenters. The first kappa shape index (κ1) is 19.0. The predicted octanol–water partition coefficient (Wildman–Crippen LogP) is 3.21. The number of ether oxygens (including phenoxy) is 1. The molecule has 0 radical (unpaired) electrons. The van der Waals surface area contributed by atoms with Gasteiger partial charge in [-0.3, -0.25) is 4.79 Å². The van der Waals surface area contributed by atoms with E-state index in [-0.39, 0.29) is 13.0 Å². The minimum Gasteiger partial charge on any atom is -0.452 e. The number of halogens is 3. The lowest BCUT2D eigenvalue weighted by Crippen LogP contribution is -2.35. The molecule has 0 unspecified atom stereocenters. The van der Waals surface area contributed by atoms with Crippen LogP contribution in [0.15, 0.2) is 42.5 Å². The summed E-state index contributed by atoms with van der Waals surface area (Å²) in [5.41, 5.74) is -0.194. The van der Waals surface area contributed by atoms with Gasteiger partial charge in [-0.05, 0) is 36.4 Å². The van der Waals surface area contributed by atoms with E-state index in [0.29, 0.717) is 11.8 Å². The summed E-state index contributed by atoms with van der Waals surface area (Å²) in [4.78, 5) is 25.3. The van der Waals surface area contributed by atoms with Crippen molar-refractivity contribution in [3.63, 3.8) is 0 Å². The van der Waals surface area contributed by atoms with Gasteiger partial charge in [-0.25, -0.2) is 18.0 Å². The van der Waals surface area contributed by atoms with Crippen molar-refractivity contribution in [2.45, 2.75) is 6.42 Å². The third-order valence-corrected chi connectivity index (χ3v) is 3.36. The number of esters is 1. The monoisotopic (exact) mass is 362 g/mol. The molecule has 1 amide bonds. The van der Waals surface area contributed by atoms with Gasteiger partial charge in [0.1, 0.15) is 17.5 Å². The fourth-order valence-corrected chi connectivity index (χ4v) is 2.12. The first-order valence-electron chi connectivity index (χ1n) is 7.47. The molecule has 0 aliphatic heterocycles. The van der Waals surface area contributed by atoms with Gasteiger partial charge < -0.3 is 9.64 Å². The second kappa shape index (κ2) is 8.67. The maximum Gasteiger partial charge on any atom is 0.341 e. The lowest BCUT2D eigenvalue weighted by atomic mass is 10.2. The zero-order valence-corrected chi connectivity index (χ0v) is 13.4. The number of carbonyl (C=O) groups excluding carboxylic acids is 2. The molecule has 0 aliphatic rings. The van der Waals surface area contributed by atoms with Crippen LogP contribution >= 0.6 is 0 Å². The van der Waals surface area contributed by atoms with E-state index >= 15 is 0 Å². The summed E-state index contributed by atoms with van der Waals surface area (Å²) in [5.74, 6) is -4.27. The molecule has 0 bridgehead atoms. The van der Waals surface area contributed by atoms with E-state index in [1.54, 1.807) is 0 Å². The van der Waals surface area contributed by atoms with Gasteiger partial charge >= 0.3 is 5.97 Å². The number of rotatable bonds is 6. The number of benzene rings is 2. The van der Waals surface area contributed by atoms with E-state index in [9.17, 15) is 22.8 Å². The Morgan fingerprint density at radius 2 is 1.69 bits per heavy atom. The third-order valence-electron chi connectivity index (χ3n) is 3.36. The molecule has 2 aromatic rings. The summed E-state index contributed by atoms with van der Waals surface area (Å²) in [7, 11) is 0. The Kier molecular flexibility index (Phi) is 6.33. The maximum atomic E-state index is 13.5. The van der Waals surface area contributed by atoms with Crippen LogP contribution in [0, 0.1) is 28.8 Å². The Morgan fingerprint density at radius 1 is 1.04 bits per heavy atom. The fourth-order valence-electron chi connectivity index (χ4n) is 2.12. The molecule has 0 N–H and O–H groups in total. The van der Waals surface area contributed by atoms with Gasteiger partial charge in [0.2, 0.25) is 0 Å². The van der Waals surface area contributed by atoms with Gasteiger partial charge in [0, 0.05) is 18.3 Å². The van der Waals surface area contributed by atoms with E-state index in [2.05, 4.69) is 0 Å². The van der Waals surface area contributed by atoms with Crippen LogP contribution in [0.2, 0.25) is 0 Å². The Labute approximate surface area is 147 Å². The first-order chi connectivity index (χ1) is 12.4. The standard InChI is InChI=1S/C18H13F3N2O3/c19-12-2-5-14(6-3-12)23(9-1-8-22)17(24)11-26-18(25)15-7-4-13(20)10-16(15)21/h2-7,10H,1,9,11H2. The lowest BCUT2D eigenvalue weighted by Gasteiger charge is -2.21. The van der Waals surface area contributed by atoms with Crippen LogP contribution in [0.3, 0.4) is 0 Å². The fraction of sp³-hybridized carbons (Fsp3) is 0.167. The summed E-state index contributed by atoms with van der Waals surface area (Å²) in [5, 5.41) is 8.70. The highest BCUT2D eigenvalue weighted by Crippen LogP contribution is 2.16. The molecule has 0 aliphatic carbocycles. The highest BCUT2D eigenvalue weighted by molar-refractivity contribution is 5.97. The minimum absolute atomic E-state index is 0.00340. The highest BCUT2D eigenvalue weighted by atomic mass is 19.1. The normalized spacial score (nSPS) is 10.1. The van der Waals surface area contributed by atoms with Crippen molar-refractivity contribution in [2.75, 3.05) is 18.1 Å². The molecule has 2 rings (SSSR count). The quantitative estimate of drug-likeness (QED) is 0.740. The molecular formula is C18H13F3N2O3. The molecule has 0 saturated heterocycles. The topological polar surface area (TPSA) is 70.4 Å². The van der Waals surface area contributed by atoms with Gasteiger partial charge in [0.05, 0.1) is 18.1 Å². The van der Waals surface area contributed by atoms with E-state index in [4.69, 9.17) is 10.00 Å². The van der Waals surface area contributed by atoms with Crippen LogP contribution in [0.4, 0.5) is 18.9 Å². The van der Waals surface area contributed by atoms with E-state index in [0.717, 1.165) is 29.2 Å². The summed E-state index contributed by atoms with van der Waals surface area (Å²) >= 11 is 0. The molecule has 5 nitrogen and oxygen atoms in total. The van der Waals surface area contributed by atoms with Gasteiger partial charge in [-0.15, -0.1) is 0 Å². The number of carbonyl (C=O) groups is 2. The SMILES string of the molecule is N#CCCN(C(=O)COC(=O)c1ccc(F)cc1F)c1ccc(F)cc1. The highest BCUT2D eigenvalue weighted by Gasteiger charge is 2.20. The number of hydrogen-bond acceptors (Lipinski definition) is 4. The Morgan fingerprint density at radius 3 is 2.31 bits per heavy atom. The van der Waals surface area contributed by atoms with Gasteiger partial charge in [0.25, 0.3) is 5.91 Å². The van der Waals surface area contributed by atoms with Gasteiger partial charge in [-0.2, -0.15) is 5.26 Å². The van der Waals surface area contributed by atoms with Crippen LogP contribution in [-0.4, -0.2) is 25.0 Å². The zero-order valence-electron chi connectivity index (χ0n) is 13.4. The Balaban J connectivity index is 2.07. The van der Waals surface area contributed by atoms with E-state index < -0.39 is 41.5 Å². The van der Waals surface area contributed by atoms with Crippen LogP contribution < -0.4 is 4.90 Å². The van der Waals surface area contributed by atoms with Crippen molar-refractivity contribution in [1.82, 2.24) is 0 Å². The smallest absolute Gasteiger partial charge is 0.341 e. The largest absolute Gasteiger partial charge is 0.452 e. The first-order valence-corrected chi connectivity index (χ1v) is 7.47. The molecule has 26 heavy (non-hydrogen) atoms. The van der Waals surface area contributed by atoms with Gasteiger partial charge in [0.15, 0.2) is 6.61 Å². The second-order valence-electron chi connectivity index (χ2n) is 5.13. The van der Waals surface area contributed by atoms with Crippen LogP contribution in [0.25, 0.3) is 0 Å². The van der Waals surface area contributed by atoms with Crippen LogP contribution in [-0.2, 0) is 9.53 Å². The average Bonchev–Trinajstić information content (AvgIpc) is 2.61. The molecule has 0 aromatic heterocycles. The number of anilines is 1. The van der Waals surface area contributed by atoms with Crippen molar-refractivity contribution in [3.05, 3.63) is 65.5 Å². The van der Waals surface area contributed by atoms with Crippen molar-refractivity contribution < 1.29 is 27.5 Å². The summed E-state index contributed by atoms with van der Waals surface area (Å²) in [6.07, 6.45) is 0.00362. The third kappa shape index (κ3) is 4.83. The lowest BCUT2D eigenvalue weighted by molar-refractivity contribution is -0.121. The molecule has 134 valence electrons. The molecule has 0 heterocycles. The number of nitriles is 1. The number of amides is 1. The molecular weight excluding hydrogens is 349 g/mol.